The lowest BCUT2D eigenvalue weighted by atomic mass is 10.1. The van der Waals surface area contributed by atoms with E-state index in [2.05, 4.69) is 0 Å². The third-order valence-corrected chi connectivity index (χ3v) is 5.00. The molecule has 0 aromatic heterocycles. The predicted molar refractivity (Wildman–Crippen MR) is 106 cm³/mol. The molecule has 3 aromatic rings. The number of thioether (sulfide) groups is 1. The summed E-state index contributed by atoms with van der Waals surface area (Å²) < 4.78 is 5.24. The topological polar surface area (TPSA) is 69.4 Å². The van der Waals surface area contributed by atoms with Gasteiger partial charge in [0.25, 0.3) is 5.69 Å². The second-order valence-corrected chi connectivity index (χ2v) is 7.07. The molecule has 5 nitrogen and oxygen atoms in total. The van der Waals surface area contributed by atoms with Crippen LogP contribution in [0.2, 0.25) is 5.02 Å². The van der Waals surface area contributed by atoms with Crippen molar-refractivity contribution < 1.29 is 14.5 Å². The summed E-state index contributed by atoms with van der Waals surface area (Å²) in [5, 5.41) is 11.3. The molecule has 0 unspecified atom stereocenters. The number of nitro groups is 1. The zero-order chi connectivity index (χ0) is 19.2. The second-order valence-electron chi connectivity index (χ2n) is 5.58. The number of hydrogen-bond donors (Lipinski definition) is 0. The van der Waals surface area contributed by atoms with Crippen LogP contribution in [0.1, 0.15) is 15.9 Å². The maximum absolute atomic E-state index is 12.2. The molecule has 0 bridgehead atoms. The fourth-order valence-corrected chi connectivity index (χ4v) is 3.22. The fourth-order valence-electron chi connectivity index (χ4n) is 2.24. The van der Waals surface area contributed by atoms with Crippen LogP contribution in [0.25, 0.3) is 0 Å². The molecule has 0 aliphatic heterocycles. The van der Waals surface area contributed by atoms with Crippen molar-refractivity contribution in [3.05, 3.63) is 99.1 Å². The van der Waals surface area contributed by atoms with E-state index in [1.807, 2.05) is 36.4 Å². The van der Waals surface area contributed by atoms with Gasteiger partial charge in [-0.3, -0.25) is 10.1 Å². The number of non-ortho nitro benzene ring substituents is 1. The van der Waals surface area contributed by atoms with Gasteiger partial charge < -0.3 is 4.74 Å². The van der Waals surface area contributed by atoms with Crippen molar-refractivity contribution >= 4 is 35.0 Å². The number of nitrogens with zero attached hydrogens (tertiary/aromatic N) is 1. The van der Waals surface area contributed by atoms with Crippen LogP contribution in [0.15, 0.2) is 77.7 Å². The van der Waals surface area contributed by atoms with E-state index in [1.54, 1.807) is 23.9 Å². The number of nitro benzene ring substituents is 1. The van der Waals surface area contributed by atoms with Gasteiger partial charge in [0.05, 0.1) is 10.5 Å². The van der Waals surface area contributed by atoms with Gasteiger partial charge in [-0.15, -0.1) is 11.8 Å². The van der Waals surface area contributed by atoms with Gasteiger partial charge in [-0.1, -0.05) is 23.7 Å². The molecule has 136 valence electrons. The minimum atomic E-state index is -0.513. The zero-order valence-electron chi connectivity index (χ0n) is 14.0. The first-order valence-electron chi connectivity index (χ1n) is 7.95. The van der Waals surface area contributed by atoms with E-state index in [-0.39, 0.29) is 11.4 Å². The SMILES string of the molecule is O=C(Oc1ccc([N+](=O)[O-])cc1)c1ccc(CSc2ccc(Cl)cc2)cc1. The summed E-state index contributed by atoms with van der Waals surface area (Å²) >= 11 is 7.55. The first kappa shape index (κ1) is 18.9. The highest BCUT2D eigenvalue weighted by Crippen LogP contribution is 2.24. The lowest BCUT2D eigenvalue weighted by Crippen LogP contribution is -2.08. The molecule has 0 radical (unpaired) electrons. The first-order valence-corrected chi connectivity index (χ1v) is 9.31. The quantitative estimate of drug-likeness (QED) is 0.173. The van der Waals surface area contributed by atoms with Crippen LogP contribution in [0.4, 0.5) is 5.69 Å². The summed E-state index contributed by atoms with van der Waals surface area (Å²) in [6.45, 7) is 0. The number of carbonyl (C=O) groups is 1. The Bertz CT molecular complexity index is 941. The van der Waals surface area contributed by atoms with E-state index in [4.69, 9.17) is 16.3 Å². The molecule has 3 rings (SSSR count). The van der Waals surface area contributed by atoms with Crippen molar-refractivity contribution in [2.24, 2.45) is 0 Å². The fraction of sp³-hybridized carbons (Fsp3) is 0.0500. The molecular weight excluding hydrogens is 386 g/mol. The van der Waals surface area contributed by atoms with E-state index in [0.29, 0.717) is 10.6 Å². The van der Waals surface area contributed by atoms with E-state index >= 15 is 0 Å². The third-order valence-electron chi connectivity index (χ3n) is 3.67. The van der Waals surface area contributed by atoms with Gasteiger partial charge in [-0.05, 0) is 54.1 Å². The summed E-state index contributed by atoms with van der Waals surface area (Å²) in [5.41, 5.74) is 1.42. The van der Waals surface area contributed by atoms with Crippen LogP contribution < -0.4 is 4.74 Å². The number of carbonyl (C=O) groups excluding carboxylic acids is 1. The van der Waals surface area contributed by atoms with Crippen molar-refractivity contribution in [2.45, 2.75) is 10.6 Å². The Morgan fingerprint density at radius 2 is 1.59 bits per heavy atom. The molecule has 7 heteroatoms. The maximum atomic E-state index is 12.2. The summed E-state index contributed by atoms with van der Waals surface area (Å²) in [4.78, 5) is 23.4. The Morgan fingerprint density at radius 1 is 0.963 bits per heavy atom. The molecule has 0 fully saturated rings. The molecule has 0 amide bonds. The van der Waals surface area contributed by atoms with Gasteiger partial charge in [-0.2, -0.15) is 0 Å². The van der Waals surface area contributed by atoms with Crippen LogP contribution in [0, 0.1) is 10.1 Å². The summed E-state index contributed by atoms with van der Waals surface area (Å²) in [7, 11) is 0. The van der Waals surface area contributed by atoms with Crippen molar-refractivity contribution in [1.29, 1.82) is 0 Å². The average Bonchev–Trinajstić information content (AvgIpc) is 2.68. The predicted octanol–water partition coefficient (Wildman–Crippen LogP) is 5.76. The molecule has 0 aliphatic rings. The standard InChI is InChI=1S/C20H14ClNO4S/c21-16-5-11-19(12-6-16)27-13-14-1-3-15(4-2-14)20(23)26-18-9-7-17(8-10-18)22(24)25/h1-12H,13H2. The molecule has 27 heavy (non-hydrogen) atoms. The highest BCUT2D eigenvalue weighted by atomic mass is 35.5. The number of ether oxygens (including phenoxy) is 1. The summed E-state index contributed by atoms with van der Waals surface area (Å²) in [6.07, 6.45) is 0. The van der Waals surface area contributed by atoms with Gasteiger partial charge in [-0.25, -0.2) is 4.79 Å². The minimum Gasteiger partial charge on any atom is -0.423 e. The molecule has 0 saturated heterocycles. The first-order chi connectivity index (χ1) is 13.0. The molecule has 0 aliphatic carbocycles. The molecule has 0 heterocycles. The van der Waals surface area contributed by atoms with Crippen LogP contribution in [-0.4, -0.2) is 10.9 Å². The smallest absolute Gasteiger partial charge is 0.343 e. The van der Waals surface area contributed by atoms with Crippen LogP contribution in [0.3, 0.4) is 0 Å². The van der Waals surface area contributed by atoms with Crippen LogP contribution in [-0.2, 0) is 5.75 Å². The van der Waals surface area contributed by atoms with Crippen LogP contribution >= 0.6 is 23.4 Å². The Kier molecular flexibility index (Phi) is 6.11. The largest absolute Gasteiger partial charge is 0.423 e. The Morgan fingerprint density at radius 3 is 2.19 bits per heavy atom. The lowest BCUT2D eigenvalue weighted by molar-refractivity contribution is -0.384. The number of benzene rings is 3. The van der Waals surface area contributed by atoms with Crippen LogP contribution in [0.5, 0.6) is 5.75 Å². The number of hydrogen-bond acceptors (Lipinski definition) is 5. The van der Waals surface area contributed by atoms with Crippen molar-refractivity contribution in [2.75, 3.05) is 0 Å². The van der Waals surface area contributed by atoms with E-state index < -0.39 is 10.9 Å². The highest BCUT2D eigenvalue weighted by molar-refractivity contribution is 7.98. The minimum absolute atomic E-state index is 0.0580. The number of halogens is 1. The van der Waals surface area contributed by atoms with Gasteiger partial charge in [0, 0.05) is 27.8 Å². The second kappa shape index (κ2) is 8.70. The Balaban J connectivity index is 1.58. The Labute approximate surface area is 165 Å². The molecule has 0 saturated carbocycles. The van der Waals surface area contributed by atoms with E-state index in [9.17, 15) is 14.9 Å². The third kappa shape index (κ3) is 5.32. The average molecular weight is 400 g/mol. The van der Waals surface area contributed by atoms with Gasteiger partial charge in [0.15, 0.2) is 0 Å². The molecule has 0 N–H and O–H groups in total. The molecule has 3 aromatic carbocycles. The number of esters is 1. The molecule has 0 atom stereocenters. The van der Waals surface area contributed by atoms with E-state index in [0.717, 1.165) is 16.2 Å². The van der Waals surface area contributed by atoms with Crippen molar-refractivity contribution in [3.8, 4) is 5.75 Å². The zero-order valence-corrected chi connectivity index (χ0v) is 15.6. The van der Waals surface area contributed by atoms with Gasteiger partial charge in [0.2, 0.25) is 0 Å². The summed E-state index contributed by atoms with van der Waals surface area (Å²) in [5.74, 6) is 0.507. The highest BCUT2D eigenvalue weighted by Gasteiger charge is 2.10. The van der Waals surface area contributed by atoms with Crippen molar-refractivity contribution in [3.63, 3.8) is 0 Å². The molecular formula is C20H14ClNO4S. The summed E-state index contributed by atoms with van der Waals surface area (Å²) in [6, 6.07) is 20.1. The maximum Gasteiger partial charge on any atom is 0.343 e. The molecule has 0 spiro atoms. The normalized spacial score (nSPS) is 10.4. The van der Waals surface area contributed by atoms with Gasteiger partial charge >= 0.3 is 5.97 Å². The lowest BCUT2D eigenvalue weighted by Gasteiger charge is -2.06. The monoisotopic (exact) mass is 399 g/mol. The van der Waals surface area contributed by atoms with Crippen molar-refractivity contribution in [1.82, 2.24) is 0 Å². The van der Waals surface area contributed by atoms with E-state index in [1.165, 1.54) is 24.3 Å². The Hall–Kier alpha value is -2.83. The number of rotatable bonds is 6. The van der Waals surface area contributed by atoms with Gasteiger partial charge in [0.1, 0.15) is 5.75 Å².